The van der Waals surface area contributed by atoms with Crippen molar-refractivity contribution in [1.82, 2.24) is 9.80 Å². The van der Waals surface area contributed by atoms with Crippen molar-refractivity contribution >= 4 is 17.5 Å². The van der Waals surface area contributed by atoms with E-state index in [1.807, 2.05) is 23.1 Å². The topological polar surface area (TPSA) is 23.6 Å². The predicted molar refractivity (Wildman–Crippen MR) is 92.2 cm³/mol. The van der Waals surface area contributed by atoms with Gasteiger partial charge in [0, 0.05) is 24.2 Å². The molecule has 0 aromatic heterocycles. The normalized spacial score (nSPS) is 18.6. The van der Waals surface area contributed by atoms with Crippen molar-refractivity contribution in [2.24, 2.45) is 0 Å². The van der Waals surface area contributed by atoms with Crippen molar-refractivity contribution < 1.29 is 4.79 Å². The minimum atomic E-state index is 0.252. The van der Waals surface area contributed by atoms with Gasteiger partial charge >= 0.3 is 0 Å². The molecule has 1 amide bonds. The summed E-state index contributed by atoms with van der Waals surface area (Å²) in [4.78, 5) is 16.9. The Morgan fingerprint density at radius 2 is 1.95 bits per heavy atom. The Balaban J connectivity index is 2.04. The first-order valence-corrected chi connectivity index (χ1v) is 8.81. The molecular weight excluding hydrogens is 296 g/mol. The molecule has 1 aliphatic rings. The lowest BCUT2D eigenvalue weighted by Crippen LogP contribution is -2.41. The molecule has 0 aliphatic carbocycles. The molecule has 0 bridgehead atoms. The van der Waals surface area contributed by atoms with Gasteiger partial charge in [0.05, 0.1) is 6.54 Å². The Labute approximate surface area is 139 Å². The van der Waals surface area contributed by atoms with Crippen molar-refractivity contribution in [3.8, 4) is 0 Å². The molecule has 1 heterocycles. The van der Waals surface area contributed by atoms with Crippen LogP contribution in [0.5, 0.6) is 0 Å². The van der Waals surface area contributed by atoms with Gasteiger partial charge in [-0.05, 0) is 43.9 Å². The quantitative estimate of drug-likeness (QED) is 0.753. The fourth-order valence-corrected chi connectivity index (χ4v) is 3.55. The zero-order chi connectivity index (χ0) is 15.9. The van der Waals surface area contributed by atoms with Crippen molar-refractivity contribution in [3.05, 3.63) is 34.9 Å². The van der Waals surface area contributed by atoms with Gasteiger partial charge in [-0.25, -0.2) is 0 Å². The maximum absolute atomic E-state index is 12.6. The van der Waals surface area contributed by atoms with E-state index in [1.165, 1.54) is 0 Å². The largest absolute Gasteiger partial charge is 0.342 e. The third kappa shape index (κ3) is 4.23. The van der Waals surface area contributed by atoms with Gasteiger partial charge in [0.1, 0.15) is 0 Å². The first-order valence-electron chi connectivity index (χ1n) is 8.43. The lowest BCUT2D eigenvalue weighted by atomic mass is 10.0. The molecule has 1 saturated heterocycles. The standard InChI is InChI=1S/C18H27ClN2O/c1-3-11-20(12-4-2)18(22)14-21-13-7-10-17(21)15-8-5-6-9-16(15)19/h5-6,8-9,17H,3-4,7,10-14H2,1-2H3. The van der Waals surface area contributed by atoms with Crippen molar-refractivity contribution in [2.45, 2.75) is 45.6 Å². The van der Waals surface area contributed by atoms with E-state index in [0.29, 0.717) is 6.54 Å². The Hall–Kier alpha value is -1.06. The van der Waals surface area contributed by atoms with Crippen LogP contribution in [0.25, 0.3) is 0 Å². The molecule has 0 spiro atoms. The summed E-state index contributed by atoms with van der Waals surface area (Å²) in [6.07, 6.45) is 4.24. The number of likely N-dealkylation sites (tertiary alicyclic amines) is 1. The summed E-state index contributed by atoms with van der Waals surface area (Å²) in [7, 11) is 0. The molecule has 2 rings (SSSR count). The number of hydrogen-bond acceptors (Lipinski definition) is 2. The molecule has 1 aromatic rings. The molecule has 0 radical (unpaired) electrons. The number of benzene rings is 1. The van der Waals surface area contributed by atoms with Crippen molar-refractivity contribution in [1.29, 1.82) is 0 Å². The lowest BCUT2D eigenvalue weighted by Gasteiger charge is -2.28. The van der Waals surface area contributed by atoms with Crippen LogP contribution in [0, 0.1) is 0 Å². The zero-order valence-electron chi connectivity index (χ0n) is 13.7. The van der Waals surface area contributed by atoms with Crippen LogP contribution in [0.2, 0.25) is 5.02 Å². The first kappa shape index (κ1) is 17.3. The highest BCUT2D eigenvalue weighted by Crippen LogP contribution is 2.35. The van der Waals surface area contributed by atoms with E-state index in [4.69, 9.17) is 11.6 Å². The number of nitrogens with zero attached hydrogens (tertiary/aromatic N) is 2. The molecule has 3 nitrogen and oxygen atoms in total. The molecule has 1 unspecified atom stereocenters. The van der Waals surface area contributed by atoms with Gasteiger partial charge in [-0.2, -0.15) is 0 Å². The second-order valence-corrected chi connectivity index (χ2v) is 6.44. The van der Waals surface area contributed by atoms with E-state index in [1.54, 1.807) is 0 Å². The van der Waals surface area contributed by atoms with E-state index in [0.717, 1.165) is 55.9 Å². The fraction of sp³-hybridized carbons (Fsp3) is 0.611. The zero-order valence-corrected chi connectivity index (χ0v) is 14.5. The number of hydrogen-bond donors (Lipinski definition) is 0. The van der Waals surface area contributed by atoms with Crippen LogP contribution in [0.4, 0.5) is 0 Å². The van der Waals surface area contributed by atoms with Crippen molar-refractivity contribution in [3.63, 3.8) is 0 Å². The Morgan fingerprint density at radius 1 is 1.27 bits per heavy atom. The van der Waals surface area contributed by atoms with E-state index < -0.39 is 0 Å². The number of amides is 1. The monoisotopic (exact) mass is 322 g/mol. The summed E-state index contributed by atoms with van der Waals surface area (Å²) in [5, 5.41) is 0.811. The van der Waals surface area contributed by atoms with Crippen LogP contribution in [-0.4, -0.2) is 41.9 Å². The second kappa shape index (κ2) is 8.54. The maximum atomic E-state index is 12.6. The highest BCUT2D eigenvalue weighted by atomic mass is 35.5. The minimum Gasteiger partial charge on any atom is -0.342 e. The van der Waals surface area contributed by atoms with E-state index in [-0.39, 0.29) is 11.9 Å². The molecule has 0 N–H and O–H groups in total. The molecule has 1 aromatic carbocycles. The number of carbonyl (C=O) groups is 1. The number of carbonyl (C=O) groups excluding carboxylic acids is 1. The van der Waals surface area contributed by atoms with Crippen LogP contribution in [0.3, 0.4) is 0 Å². The SMILES string of the molecule is CCCN(CCC)C(=O)CN1CCCC1c1ccccc1Cl. The fourth-order valence-electron chi connectivity index (χ4n) is 3.29. The molecule has 4 heteroatoms. The maximum Gasteiger partial charge on any atom is 0.236 e. The molecule has 122 valence electrons. The Morgan fingerprint density at radius 3 is 2.59 bits per heavy atom. The predicted octanol–water partition coefficient (Wildman–Crippen LogP) is 4.13. The van der Waals surface area contributed by atoms with Gasteiger partial charge in [-0.15, -0.1) is 0 Å². The highest BCUT2D eigenvalue weighted by molar-refractivity contribution is 6.31. The third-order valence-electron chi connectivity index (χ3n) is 4.31. The Kier molecular flexibility index (Phi) is 6.71. The number of halogens is 1. The summed E-state index contributed by atoms with van der Waals surface area (Å²) < 4.78 is 0. The van der Waals surface area contributed by atoms with Gasteiger partial charge in [-0.1, -0.05) is 43.6 Å². The molecule has 0 saturated carbocycles. The lowest BCUT2D eigenvalue weighted by molar-refractivity contribution is -0.132. The van der Waals surface area contributed by atoms with Crippen LogP contribution < -0.4 is 0 Å². The van der Waals surface area contributed by atoms with E-state index in [2.05, 4.69) is 24.8 Å². The van der Waals surface area contributed by atoms with Gasteiger partial charge in [0.15, 0.2) is 0 Å². The van der Waals surface area contributed by atoms with Crippen LogP contribution >= 0.6 is 11.6 Å². The summed E-state index contributed by atoms with van der Waals surface area (Å²) in [5.41, 5.74) is 1.16. The second-order valence-electron chi connectivity index (χ2n) is 6.03. The van der Waals surface area contributed by atoms with Crippen LogP contribution in [0.1, 0.15) is 51.1 Å². The van der Waals surface area contributed by atoms with Crippen molar-refractivity contribution in [2.75, 3.05) is 26.2 Å². The average Bonchev–Trinajstić information content (AvgIpc) is 2.95. The average molecular weight is 323 g/mol. The summed E-state index contributed by atoms with van der Waals surface area (Å²) in [6, 6.07) is 8.30. The van der Waals surface area contributed by atoms with E-state index >= 15 is 0 Å². The summed E-state index contributed by atoms with van der Waals surface area (Å²) in [5.74, 6) is 0.252. The van der Waals surface area contributed by atoms with Crippen LogP contribution in [-0.2, 0) is 4.79 Å². The Bertz CT molecular complexity index is 486. The van der Waals surface area contributed by atoms with Gasteiger partial charge < -0.3 is 4.90 Å². The molecule has 1 aliphatic heterocycles. The third-order valence-corrected chi connectivity index (χ3v) is 4.65. The van der Waals surface area contributed by atoms with Crippen LogP contribution in [0.15, 0.2) is 24.3 Å². The van der Waals surface area contributed by atoms with Gasteiger partial charge in [-0.3, -0.25) is 9.69 Å². The minimum absolute atomic E-state index is 0.252. The molecule has 22 heavy (non-hydrogen) atoms. The van der Waals surface area contributed by atoms with Gasteiger partial charge in [0.25, 0.3) is 0 Å². The highest BCUT2D eigenvalue weighted by Gasteiger charge is 2.29. The molecule has 1 fully saturated rings. The summed E-state index contributed by atoms with van der Waals surface area (Å²) in [6.45, 7) is 7.45. The first-order chi connectivity index (χ1) is 10.7. The van der Waals surface area contributed by atoms with Gasteiger partial charge in [0.2, 0.25) is 5.91 Å². The molecule has 1 atom stereocenters. The number of rotatable bonds is 7. The summed E-state index contributed by atoms with van der Waals surface area (Å²) >= 11 is 6.35. The molecular formula is C18H27ClN2O. The smallest absolute Gasteiger partial charge is 0.236 e. The van der Waals surface area contributed by atoms with E-state index in [9.17, 15) is 4.79 Å².